The van der Waals surface area contributed by atoms with Crippen molar-refractivity contribution in [2.75, 3.05) is 13.2 Å². The number of aliphatic hydroxyl groups excluding tert-OH is 7. The van der Waals surface area contributed by atoms with Crippen molar-refractivity contribution in [1.82, 2.24) is 0 Å². The molecule has 7 N–H and O–H groups in total. The van der Waals surface area contributed by atoms with Crippen molar-refractivity contribution < 1.29 is 59.5 Å². The van der Waals surface area contributed by atoms with Crippen LogP contribution in [0.15, 0.2) is 11.6 Å². The normalized spacial score (nSPS) is 53.2. The zero-order chi connectivity index (χ0) is 32.4. The van der Waals surface area contributed by atoms with Crippen LogP contribution in [0.3, 0.4) is 0 Å². The van der Waals surface area contributed by atoms with Gasteiger partial charge < -0.3 is 54.7 Å². The Hall–Kier alpha value is -1.03. The average Bonchev–Trinajstić information content (AvgIpc) is 3.38. The van der Waals surface area contributed by atoms with Gasteiger partial charge in [-0.05, 0) is 86.9 Å². The molecule has 7 unspecified atom stereocenters. The Kier molecular flexibility index (Phi) is 9.61. The van der Waals surface area contributed by atoms with Gasteiger partial charge in [0.25, 0.3) is 0 Å². The second-order valence-electron chi connectivity index (χ2n) is 15.1. The third-order valence-electron chi connectivity index (χ3n) is 12.8. The number of aliphatic hydroxyl groups is 7. The Morgan fingerprint density at radius 2 is 1.49 bits per heavy atom. The molecule has 2 aliphatic heterocycles. The molecule has 17 atom stereocenters. The number of fused-ring (bicyclic) bond motifs is 5. The third-order valence-corrected chi connectivity index (χ3v) is 12.8. The summed E-state index contributed by atoms with van der Waals surface area (Å²) in [6, 6.07) is 0. The molecular formula is C33H52O12. The van der Waals surface area contributed by atoms with Gasteiger partial charge in [-0.1, -0.05) is 25.5 Å². The zero-order valence-electron chi connectivity index (χ0n) is 26.5. The number of ketones is 1. The van der Waals surface area contributed by atoms with E-state index in [2.05, 4.69) is 19.9 Å². The predicted octanol–water partition coefficient (Wildman–Crippen LogP) is 0.164. The fourth-order valence-electron chi connectivity index (χ4n) is 10.2. The van der Waals surface area contributed by atoms with E-state index < -0.39 is 74.6 Å². The number of allylic oxidation sites excluding steroid dienone is 1. The van der Waals surface area contributed by atoms with Gasteiger partial charge in [0.15, 0.2) is 12.6 Å². The van der Waals surface area contributed by atoms with E-state index in [1.165, 1.54) is 5.57 Å². The molecule has 0 aromatic rings. The maximum atomic E-state index is 12.5. The van der Waals surface area contributed by atoms with E-state index in [1.807, 2.05) is 0 Å². The number of carbonyl (C=O) groups excluding carboxylic acids is 1. The van der Waals surface area contributed by atoms with Gasteiger partial charge in [-0.3, -0.25) is 4.79 Å². The molecule has 6 aliphatic rings. The first kappa shape index (κ1) is 33.9. The second kappa shape index (κ2) is 12.8. The van der Waals surface area contributed by atoms with Crippen LogP contribution in [0.5, 0.6) is 0 Å². The van der Waals surface area contributed by atoms with Gasteiger partial charge >= 0.3 is 0 Å². The lowest BCUT2D eigenvalue weighted by atomic mass is 9.47. The number of rotatable bonds is 7. The Morgan fingerprint density at radius 3 is 2.16 bits per heavy atom. The van der Waals surface area contributed by atoms with Crippen molar-refractivity contribution in [3.8, 4) is 0 Å². The Morgan fingerprint density at radius 1 is 0.822 bits per heavy atom. The number of Topliss-reactive ketones (excluding diaryl/α,β-unsaturated/α-hetero) is 1. The molecule has 45 heavy (non-hydrogen) atoms. The molecule has 0 aromatic carbocycles. The lowest BCUT2D eigenvalue weighted by molar-refractivity contribution is -0.372. The van der Waals surface area contributed by atoms with Crippen molar-refractivity contribution in [3.05, 3.63) is 11.6 Å². The SMILES string of the molecule is CC(=O)C1CCC2C3CC=C4CC(O[C@@H]5O[C@H](CO)[C@@H](O)[C@H](O)[C@H]5O[C@@H]5O[C@H](CO)[C@@H](O)[C@H](O)[C@H]5O)CCC4(C)C3CCC12C. The number of carbonyl (C=O) groups is 1. The van der Waals surface area contributed by atoms with Crippen molar-refractivity contribution >= 4 is 5.78 Å². The molecule has 5 fully saturated rings. The summed E-state index contributed by atoms with van der Waals surface area (Å²) in [4.78, 5) is 12.5. The van der Waals surface area contributed by atoms with Gasteiger partial charge in [0.2, 0.25) is 0 Å². The molecule has 0 bridgehead atoms. The Balaban J connectivity index is 1.17. The predicted molar refractivity (Wildman–Crippen MR) is 157 cm³/mol. The largest absolute Gasteiger partial charge is 0.394 e. The first-order valence-electron chi connectivity index (χ1n) is 16.8. The molecule has 2 heterocycles. The minimum atomic E-state index is -1.72. The lowest BCUT2D eigenvalue weighted by Crippen LogP contribution is -2.65. The Bertz CT molecular complexity index is 1120. The second-order valence-corrected chi connectivity index (χ2v) is 15.1. The van der Waals surface area contributed by atoms with E-state index >= 15 is 0 Å². The first-order valence-corrected chi connectivity index (χ1v) is 16.8. The fraction of sp³-hybridized carbons (Fsp3) is 0.909. The van der Waals surface area contributed by atoms with Crippen LogP contribution in [-0.2, 0) is 23.7 Å². The third kappa shape index (κ3) is 5.65. The van der Waals surface area contributed by atoms with E-state index in [4.69, 9.17) is 18.9 Å². The summed E-state index contributed by atoms with van der Waals surface area (Å²) in [5.41, 5.74) is 1.44. The van der Waals surface area contributed by atoms with Crippen LogP contribution in [0.2, 0.25) is 0 Å². The molecule has 12 heteroatoms. The van der Waals surface area contributed by atoms with Crippen LogP contribution in [0.1, 0.15) is 72.1 Å². The highest BCUT2D eigenvalue weighted by Crippen LogP contribution is 2.66. The molecule has 12 nitrogen and oxygen atoms in total. The van der Waals surface area contributed by atoms with Gasteiger partial charge in [0.05, 0.1) is 19.3 Å². The fourth-order valence-corrected chi connectivity index (χ4v) is 10.2. The molecule has 0 amide bonds. The van der Waals surface area contributed by atoms with E-state index in [1.54, 1.807) is 6.92 Å². The van der Waals surface area contributed by atoms with Crippen LogP contribution >= 0.6 is 0 Å². The summed E-state index contributed by atoms with van der Waals surface area (Å²) in [5, 5.41) is 72.0. The minimum absolute atomic E-state index is 0.0153. The maximum Gasteiger partial charge on any atom is 0.187 e. The lowest BCUT2D eigenvalue weighted by Gasteiger charge is -2.58. The van der Waals surface area contributed by atoms with Crippen molar-refractivity contribution in [2.45, 2.75) is 140 Å². The average molecular weight is 641 g/mol. The quantitative estimate of drug-likeness (QED) is 0.187. The maximum absolute atomic E-state index is 12.5. The van der Waals surface area contributed by atoms with Crippen LogP contribution < -0.4 is 0 Å². The number of ether oxygens (including phenoxy) is 4. The molecule has 3 saturated carbocycles. The summed E-state index contributed by atoms with van der Waals surface area (Å²) >= 11 is 0. The van der Waals surface area contributed by atoms with Crippen molar-refractivity contribution in [1.29, 1.82) is 0 Å². The number of hydrogen-bond donors (Lipinski definition) is 7. The first-order chi connectivity index (χ1) is 21.3. The highest BCUT2D eigenvalue weighted by atomic mass is 16.8. The molecule has 4 aliphatic carbocycles. The van der Waals surface area contributed by atoms with Crippen LogP contribution in [0.4, 0.5) is 0 Å². The molecule has 0 radical (unpaired) electrons. The van der Waals surface area contributed by atoms with Gasteiger partial charge in [0.1, 0.15) is 54.6 Å². The van der Waals surface area contributed by atoms with Gasteiger partial charge in [-0.15, -0.1) is 0 Å². The van der Waals surface area contributed by atoms with E-state index in [-0.39, 0.29) is 22.9 Å². The van der Waals surface area contributed by atoms with Crippen LogP contribution in [0, 0.1) is 34.5 Å². The van der Waals surface area contributed by atoms with Gasteiger partial charge in [-0.2, -0.15) is 0 Å². The summed E-state index contributed by atoms with van der Waals surface area (Å²) in [5.74, 6) is 2.13. The molecule has 256 valence electrons. The van der Waals surface area contributed by atoms with E-state index in [0.717, 1.165) is 38.5 Å². The summed E-state index contributed by atoms with van der Waals surface area (Å²) in [7, 11) is 0. The highest BCUT2D eigenvalue weighted by molar-refractivity contribution is 5.79. The number of hydrogen-bond acceptors (Lipinski definition) is 12. The summed E-state index contributed by atoms with van der Waals surface area (Å²) < 4.78 is 23.7. The molecular weight excluding hydrogens is 588 g/mol. The van der Waals surface area contributed by atoms with Crippen molar-refractivity contribution in [2.24, 2.45) is 34.5 Å². The standard InChI is InChI=1S/C33H52O12/c1-15(36)19-6-7-20-18-5-4-16-12-17(8-10-32(16,2)21(18)9-11-33(19,20)3)42-31-29(27(40)25(38)23(14-35)44-31)45-30-28(41)26(39)24(37)22(13-34)43-30/h4,17-31,34-35,37-41H,5-14H2,1-3H3/t17?,18?,19?,20?,21?,22-,23-,24-,25-,26+,27+,28-,29-,30+,31-,32?,33?/m1/s1. The summed E-state index contributed by atoms with van der Waals surface area (Å²) in [6.07, 6.45) is -5.13. The molecule has 6 rings (SSSR count). The Labute approximate surface area is 264 Å². The minimum Gasteiger partial charge on any atom is -0.394 e. The topological polar surface area (TPSA) is 196 Å². The zero-order valence-corrected chi connectivity index (χ0v) is 26.5. The summed E-state index contributed by atoms with van der Waals surface area (Å²) in [6.45, 7) is 5.24. The van der Waals surface area contributed by atoms with Gasteiger partial charge in [-0.25, -0.2) is 0 Å². The van der Waals surface area contributed by atoms with Gasteiger partial charge in [0, 0.05) is 5.92 Å². The monoisotopic (exact) mass is 640 g/mol. The van der Waals surface area contributed by atoms with Crippen LogP contribution in [-0.4, -0.2) is 122 Å². The molecule has 0 spiro atoms. The van der Waals surface area contributed by atoms with Crippen molar-refractivity contribution in [3.63, 3.8) is 0 Å². The smallest absolute Gasteiger partial charge is 0.187 e. The van der Waals surface area contributed by atoms with E-state index in [0.29, 0.717) is 36.4 Å². The molecule has 0 aromatic heterocycles. The van der Waals surface area contributed by atoms with Crippen LogP contribution in [0.25, 0.3) is 0 Å². The van der Waals surface area contributed by atoms with E-state index in [9.17, 15) is 40.5 Å². The molecule has 2 saturated heterocycles. The highest BCUT2D eigenvalue weighted by Gasteiger charge is 2.60.